The average molecular weight is 260 g/mol. The number of fused-ring (bicyclic) bond motifs is 1. The molecule has 0 bridgehead atoms. The Balaban J connectivity index is 1.58. The average Bonchev–Trinajstić information content (AvgIpc) is 2.48. The molecule has 0 radical (unpaired) electrons. The molecule has 102 valence electrons. The second kappa shape index (κ2) is 5.72. The molecule has 4 nitrogen and oxygen atoms in total. The van der Waals surface area contributed by atoms with Crippen LogP contribution in [0.5, 0.6) is 0 Å². The van der Waals surface area contributed by atoms with Crippen LogP contribution in [0.25, 0.3) is 0 Å². The van der Waals surface area contributed by atoms with Crippen molar-refractivity contribution in [1.29, 1.82) is 0 Å². The first-order chi connectivity index (χ1) is 9.33. The molecule has 0 saturated carbocycles. The molecule has 1 saturated heterocycles. The monoisotopic (exact) mass is 260 g/mol. The van der Waals surface area contributed by atoms with E-state index in [-0.39, 0.29) is 11.9 Å². The minimum Gasteiger partial charge on any atom is -0.378 e. The fourth-order valence-corrected chi connectivity index (χ4v) is 2.82. The zero-order chi connectivity index (χ0) is 13.1. The number of amides is 1. The lowest BCUT2D eigenvalue weighted by atomic mass is 9.94. The molecule has 19 heavy (non-hydrogen) atoms. The number of rotatable bonds is 2. The Morgan fingerprint density at radius 1 is 1.26 bits per heavy atom. The second-order valence-corrected chi connectivity index (χ2v) is 5.25. The van der Waals surface area contributed by atoms with E-state index in [9.17, 15) is 4.79 Å². The van der Waals surface area contributed by atoms with E-state index in [4.69, 9.17) is 4.74 Å². The van der Waals surface area contributed by atoms with E-state index < -0.39 is 0 Å². The van der Waals surface area contributed by atoms with E-state index >= 15 is 0 Å². The van der Waals surface area contributed by atoms with Gasteiger partial charge in [0.15, 0.2) is 0 Å². The van der Waals surface area contributed by atoms with Gasteiger partial charge >= 0.3 is 0 Å². The van der Waals surface area contributed by atoms with E-state index in [1.807, 2.05) is 4.90 Å². The minimum absolute atomic E-state index is 0.250. The highest BCUT2D eigenvalue weighted by atomic mass is 16.5. The normalized spacial score (nSPS) is 22.9. The largest absolute Gasteiger partial charge is 0.378 e. The SMILES string of the molecule is O=C(C[C@@H]1Cc2ccccc2CN1)N1CCOCC1. The molecule has 1 amide bonds. The Hall–Kier alpha value is -1.39. The molecule has 0 aromatic heterocycles. The number of carbonyl (C=O) groups is 1. The molecule has 0 unspecified atom stereocenters. The molecule has 0 aliphatic carbocycles. The zero-order valence-electron chi connectivity index (χ0n) is 11.1. The summed E-state index contributed by atoms with van der Waals surface area (Å²) in [4.78, 5) is 14.1. The van der Waals surface area contributed by atoms with Crippen molar-refractivity contribution < 1.29 is 9.53 Å². The third kappa shape index (κ3) is 2.96. The second-order valence-electron chi connectivity index (χ2n) is 5.25. The van der Waals surface area contributed by atoms with Crippen molar-refractivity contribution in [2.75, 3.05) is 26.3 Å². The Bertz CT molecular complexity index is 455. The molecule has 1 N–H and O–H groups in total. The lowest BCUT2D eigenvalue weighted by Crippen LogP contribution is -2.45. The molecule has 1 aromatic carbocycles. The summed E-state index contributed by atoms with van der Waals surface area (Å²) in [5.74, 6) is 0.250. The summed E-state index contributed by atoms with van der Waals surface area (Å²) in [5, 5.41) is 3.47. The summed E-state index contributed by atoms with van der Waals surface area (Å²) in [6.45, 7) is 3.70. The van der Waals surface area contributed by atoms with Gasteiger partial charge in [-0.25, -0.2) is 0 Å². The number of ether oxygens (including phenoxy) is 1. The first kappa shape index (κ1) is 12.6. The van der Waals surface area contributed by atoms with Crippen LogP contribution in [-0.4, -0.2) is 43.2 Å². The maximum atomic E-state index is 12.2. The van der Waals surface area contributed by atoms with E-state index in [2.05, 4.69) is 29.6 Å². The molecular weight excluding hydrogens is 240 g/mol. The number of nitrogens with one attached hydrogen (secondary N) is 1. The molecule has 1 fully saturated rings. The van der Waals surface area contributed by atoms with Crippen LogP contribution in [0.2, 0.25) is 0 Å². The Morgan fingerprint density at radius 3 is 2.79 bits per heavy atom. The number of morpholine rings is 1. The smallest absolute Gasteiger partial charge is 0.224 e. The molecule has 0 spiro atoms. The van der Waals surface area contributed by atoms with Crippen molar-refractivity contribution >= 4 is 5.91 Å². The van der Waals surface area contributed by atoms with Gasteiger partial charge in [0.2, 0.25) is 5.91 Å². The summed E-state index contributed by atoms with van der Waals surface area (Å²) in [5.41, 5.74) is 2.73. The molecule has 2 heterocycles. The maximum Gasteiger partial charge on any atom is 0.224 e. The Kier molecular flexibility index (Phi) is 3.80. The van der Waals surface area contributed by atoms with Crippen LogP contribution in [0.15, 0.2) is 24.3 Å². The topological polar surface area (TPSA) is 41.6 Å². The summed E-state index contributed by atoms with van der Waals surface area (Å²) < 4.78 is 5.28. The third-order valence-corrected chi connectivity index (χ3v) is 3.95. The number of benzene rings is 1. The van der Waals surface area contributed by atoms with Crippen molar-refractivity contribution in [3.8, 4) is 0 Å². The van der Waals surface area contributed by atoms with Crippen LogP contribution in [-0.2, 0) is 22.5 Å². The standard InChI is InChI=1S/C15H20N2O2/c18-15(17-5-7-19-8-6-17)10-14-9-12-3-1-2-4-13(12)11-16-14/h1-4,14,16H,5-11H2/t14-/m0/s1. The van der Waals surface area contributed by atoms with Crippen LogP contribution in [0.3, 0.4) is 0 Å². The highest BCUT2D eigenvalue weighted by molar-refractivity contribution is 5.77. The van der Waals surface area contributed by atoms with Crippen LogP contribution in [0.1, 0.15) is 17.5 Å². The van der Waals surface area contributed by atoms with Gasteiger partial charge in [0, 0.05) is 32.1 Å². The molecule has 3 rings (SSSR count). The Morgan fingerprint density at radius 2 is 2.00 bits per heavy atom. The predicted molar refractivity (Wildman–Crippen MR) is 72.8 cm³/mol. The first-order valence-electron chi connectivity index (χ1n) is 6.98. The van der Waals surface area contributed by atoms with Gasteiger partial charge in [-0.2, -0.15) is 0 Å². The van der Waals surface area contributed by atoms with E-state index in [0.717, 1.165) is 26.1 Å². The van der Waals surface area contributed by atoms with Gasteiger partial charge < -0.3 is 15.0 Å². The number of nitrogens with zero attached hydrogens (tertiary/aromatic N) is 1. The van der Waals surface area contributed by atoms with Gasteiger partial charge in [-0.3, -0.25) is 4.79 Å². The predicted octanol–water partition coefficient (Wildman–Crippen LogP) is 0.950. The summed E-state index contributed by atoms with van der Waals surface area (Å²) in [7, 11) is 0. The van der Waals surface area contributed by atoms with Crippen molar-refractivity contribution in [2.45, 2.75) is 25.4 Å². The van der Waals surface area contributed by atoms with E-state index in [0.29, 0.717) is 19.6 Å². The zero-order valence-corrected chi connectivity index (χ0v) is 11.1. The molecule has 1 aromatic rings. The van der Waals surface area contributed by atoms with Crippen molar-refractivity contribution in [3.05, 3.63) is 35.4 Å². The van der Waals surface area contributed by atoms with Crippen LogP contribution in [0.4, 0.5) is 0 Å². The molecule has 2 aliphatic heterocycles. The van der Waals surface area contributed by atoms with Crippen molar-refractivity contribution in [1.82, 2.24) is 10.2 Å². The summed E-state index contributed by atoms with van der Waals surface area (Å²) >= 11 is 0. The third-order valence-electron chi connectivity index (χ3n) is 3.95. The van der Waals surface area contributed by atoms with Gasteiger partial charge in [0.05, 0.1) is 13.2 Å². The molecular formula is C15H20N2O2. The van der Waals surface area contributed by atoms with Crippen LogP contribution < -0.4 is 5.32 Å². The highest BCUT2D eigenvalue weighted by Gasteiger charge is 2.23. The summed E-state index contributed by atoms with van der Waals surface area (Å²) in [6, 6.07) is 8.74. The number of hydrogen-bond acceptors (Lipinski definition) is 3. The first-order valence-corrected chi connectivity index (χ1v) is 6.98. The van der Waals surface area contributed by atoms with Gasteiger partial charge in [-0.1, -0.05) is 24.3 Å². The van der Waals surface area contributed by atoms with E-state index in [1.54, 1.807) is 0 Å². The lowest BCUT2D eigenvalue weighted by Gasteiger charge is -2.30. The fourth-order valence-electron chi connectivity index (χ4n) is 2.82. The van der Waals surface area contributed by atoms with Crippen LogP contribution >= 0.6 is 0 Å². The van der Waals surface area contributed by atoms with Gasteiger partial charge in [0.25, 0.3) is 0 Å². The van der Waals surface area contributed by atoms with Crippen molar-refractivity contribution in [3.63, 3.8) is 0 Å². The van der Waals surface area contributed by atoms with Gasteiger partial charge in [-0.05, 0) is 17.5 Å². The Labute approximate surface area is 113 Å². The van der Waals surface area contributed by atoms with E-state index in [1.165, 1.54) is 11.1 Å². The number of carbonyl (C=O) groups excluding carboxylic acids is 1. The molecule has 1 atom stereocenters. The molecule has 2 aliphatic rings. The van der Waals surface area contributed by atoms with Crippen LogP contribution in [0, 0.1) is 0 Å². The quantitative estimate of drug-likeness (QED) is 0.861. The number of hydrogen-bond donors (Lipinski definition) is 1. The lowest BCUT2D eigenvalue weighted by molar-refractivity contribution is -0.135. The molecule has 4 heteroatoms. The maximum absolute atomic E-state index is 12.2. The van der Waals surface area contributed by atoms with Gasteiger partial charge in [0.1, 0.15) is 0 Å². The summed E-state index contributed by atoms with van der Waals surface area (Å²) in [6.07, 6.45) is 1.54. The highest BCUT2D eigenvalue weighted by Crippen LogP contribution is 2.18. The van der Waals surface area contributed by atoms with Crippen molar-refractivity contribution in [2.24, 2.45) is 0 Å². The fraction of sp³-hybridized carbons (Fsp3) is 0.533. The van der Waals surface area contributed by atoms with Gasteiger partial charge in [-0.15, -0.1) is 0 Å². The minimum atomic E-state index is 0.250.